The summed E-state index contributed by atoms with van der Waals surface area (Å²) in [4.78, 5) is 21.2. The zero-order chi connectivity index (χ0) is 12.3. The van der Waals surface area contributed by atoms with E-state index in [9.17, 15) is 22.8 Å². The molecule has 88 valence electrons. The fourth-order valence-electron chi connectivity index (χ4n) is 0.926. The molecule has 0 radical (unpaired) electrons. The third kappa shape index (κ3) is 2.72. The predicted molar refractivity (Wildman–Crippen MR) is 43.6 cm³/mol. The predicted octanol–water partition coefficient (Wildman–Crippen LogP) is 0.243. The van der Waals surface area contributed by atoms with Gasteiger partial charge in [-0.25, -0.2) is 0 Å². The fraction of sp³-hybridized carbons (Fsp3) is 0.286. The number of hydrogen-bond acceptors (Lipinski definition) is 3. The number of nitrogens with zero attached hydrogens (tertiary/aromatic N) is 1. The quantitative estimate of drug-likeness (QED) is 0.701. The number of aromatic amines is 1. The van der Waals surface area contributed by atoms with Crippen molar-refractivity contribution in [3.05, 3.63) is 17.5 Å². The molecular formula is C7H6F3N3O3. The van der Waals surface area contributed by atoms with Gasteiger partial charge in [0.2, 0.25) is 0 Å². The highest BCUT2D eigenvalue weighted by Crippen LogP contribution is 2.29. The number of halogens is 3. The molecule has 6 nitrogen and oxygen atoms in total. The first-order valence-corrected chi connectivity index (χ1v) is 3.93. The second-order valence-corrected chi connectivity index (χ2v) is 2.73. The van der Waals surface area contributed by atoms with E-state index in [-0.39, 0.29) is 0 Å². The molecule has 0 fully saturated rings. The number of hydrogen-bond donors (Lipinski definition) is 3. The lowest BCUT2D eigenvalue weighted by atomic mass is 10.2. The molecule has 0 saturated carbocycles. The molecule has 9 heteroatoms. The SMILES string of the molecule is O=C(O)CNC(=O)c1cn[nH]c1C(F)(F)F. The monoisotopic (exact) mass is 237 g/mol. The van der Waals surface area contributed by atoms with E-state index in [1.165, 1.54) is 0 Å². The Bertz CT molecular complexity index is 412. The second-order valence-electron chi connectivity index (χ2n) is 2.73. The largest absolute Gasteiger partial charge is 0.480 e. The highest BCUT2D eigenvalue weighted by atomic mass is 19.4. The van der Waals surface area contributed by atoms with E-state index >= 15 is 0 Å². The molecule has 16 heavy (non-hydrogen) atoms. The van der Waals surface area contributed by atoms with Crippen LogP contribution in [0.5, 0.6) is 0 Å². The van der Waals surface area contributed by atoms with Crippen molar-refractivity contribution in [3.63, 3.8) is 0 Å². The lowest BCUT2D eigenvalue weighted by molar-refractivity contribution is -0.141. The van der Waals surface area contributed by atoms with Crippen LogP contribution in [-0.4, -0.2) is 33.7 Å². The molecule has 1 amide bonds. The van der Waals surface area contributed by atoms with E-state index in [2.05, 4.69) is 5.10 Å². The zero-order valence-corrected chi connectivity index (χ0v) is 7.63. The van der Waals surface area contributed by atoms with E-state index in [0.717, 1.165) is 0 Å². The number of H-pyrrole nitrogens is 1. The Labute approximate surface area is 86.5 Å². The van der Waals surface area contributed by atoms with Crippen LogP contribution < -0.4 is 5.32 Å². The number of alkyl halides is 3. The number of rotatable bonds is 3. The van der Waals surface area contributed by atoms with Crippen LogP contribution in [0.3, 0.4) is 0 Å². The Morgan fingerprint density at radius 1 is 1.50 bits per heavy atom. The lowest BCUT2D eigenvalue weighted by Gasteiger charge is -2.06. The Morgan fingerprint density at radius 2 is 2.12 bits per heavy atom. The minimum absolute atomic E-state index is 0.681. The molecule has 0 aliphatic rings. The standard InChI is InChI=1S/C7H6F3N3O3/c8-7(9,10)5-3(1-12-13-5)6(16)11-2-4(14)15/h1H,2H2,(H,11,16)(H,12,13)(H,14,15). The smallest absolute Gasteiger partial charge is 0.433 e. The molecule has 0 aliphatic carbocycles. The van der Waals surface area contributed by atoms with Crippen molar-refractivity contribution < 1.29 is 27.9 Å². The summed E-state index contributed by atoms with van der Waals surface area (Å²) in [5.41, 5.74) is -2.05. The van der Waals surface area contributed by atoms with Gasteiger partial charge < -0.3 is 10.4 Å². The molecule has 0 atom stereocenters. The highest BCUT2D eigenvalue weighted by molar-refractivity contribution is 5.96. The Balaban J connectivity index is 2.84. The highest BCUT2D eigenvalue weighted by Gasteiger charge is 2.37. The lowest BCUT2D eigenvalue weighted by Crippen LogP contribution is -2.30. The molecule has 1 aromatic heterocycles. The summed E-state index contributed by atoms with van der Waals surface area (Å²) in [6, 6.07) is 0. The van der Waals surface area contributed by atoms with Crippen molar-refractivity contribution in [2.75, 3.05) is 6.54 Å². The van der Waals surface area contributed by atoms with Crippen LogP contribution in [0, 0.1) is 0 Å². The van der Waals surface area contributed by atoms with E-state index in [4.69, 9.17) is 5.11 Å². The van der Waals surface area contributed by atoms with Crippen LogP contribution in [0.4, 0.5) is 13.2 Å². The molecule has 1 heterocycles. The molecule has 0 saturated heterocycles. The summed E-state index contributed by atoms with van der Waals surface area (Å²) in [5, 5.41) is 14.7. The van der Waals surface area contributed by atoms with Gasteiger partial charge in [0.1, 0.15) is 6.54 Å². The van der Waals surface area contributed by atoms with Gasteiger partial charge >= 0.3 is 12.1 Å². The summed E-state index contributed by atoms with van der Waals surface area (Å²) in [6.45, 7) is -0.763. The Kier molecular flexibility index (Phi) is 3.16. The minimum Gasteiger partial charge on any atom is -0.480 e. The van der Waals surface area contributed by atoms with Crippen LogP contribution >= 0.6 is 0 Å². The summed E-state index contributed by atoms with van der Waals surface area (Å²) in [7, 11) is 0. The van der Waals surface area contributed by atoms with Gasteiger partial charge in [-0.2, -0.15) is 18.3 Å². The Hall–Kier alpha value is -2.06. The van der Waals surface area contributed by atoms with Crippen molar-refractivity contribution in [2.45, 2.75) is 6.18 Å². The summed E-state index contributed by atoms with van der Waals surface area (Å²) in [5.74, 6) is -2.51. The van der Waals surface area contributed by atoms with Crippen LogP contribution in [0.1, 0.15) is 16.1 Å². The first kappa shape index (κ1) is 12.0. The number of nitrogens with one attached hydrogen (secondary N) is 2. The molecule has 0 bridgehead atoms. The van der Waals surface area contributed by atoms with Gasteiger partial charge in [-0.05, 0) is 0 Å². The summed E-state index contributed by atoms with van der Waals surface area (Å²) in [6.07, 6.45) is -4.06. The Morgan fingerprint density at radius 3 is 2.62 bits per heavy atom. The maximum atomic E-state index is 12.3. The van der Waals surface area contributed by atoms with Gasteiger partial charge in [0.05, 0.1) is 11.8 Å². The van der Waals surface area contributed by atoms with Crippen LogP contribution in [0.15, 0.2) is 6.20 Å². The molecule has 0 aliphatic heterocycles. The topological polar surface area (TPSA) is 95.1 Å². The molecule has 0 aromatic carbocycles. The van der Waals surface area contributed by atoms with Crippen molar-refractivity contribution in [2.24, 2.45) is 0 Å². The maximum absolute atomic E-state index is 12.3. The van der Waals surface area contributed by atoms with E-state index in [1.54, 1.807) is 10.4 Å². The molecule has 0 spiro atoms. The molecule has 3 N–H and O–H groups in total. The van der Waals surface area contributed by atoms with Gasteiger partial charge in [-0.15, -0.1) is 0 Å². The maximum Gasteiger partial charge on any atom is 0.433 e. The first-order valence-electron chi connectivity index (χ1n) is 3.93. The number of aromatic nitrogens is 2. The van der Waals surface area contributed by atoms with Crippen molar-refractivity contribution in [1.82, 2.24) is 15.5 Å². The average molecular weight is 237 g/mol. The molecular weight excluding hydrogens is 231 g/mol. The molecule has 1 aromatic rings. The minimum atomic E-state index is -4.74. The van der Waals surface area contributed by atoms with Crippen LogP contribution in [0.2, 0.25) is 0 Å². The fourth-order valence-corrected chi connectivity index (χ4v) is 0.926. The average Bonchev–Trinajstić information content (AvgIpc) is 2.61. The number of carboxylic acids is 1. The van der Waals surface area contributed by atoms with Crippen molar-refractivity contribution in [1.29, 1.82) is 0 Å². The van der Waals surface area contributed by atoms with Gasteiger partial charge in [-0.3, -0.25) is 14.7 Å². The number of carbonyl (C=O) groups is 2. The van der Waals surface area contributed by atoms with Crippen molar-refractivity contribution in [3.8, 4) is 0 Å². The van der Waals surface area contributed by atoms with Gasteiger partial charge in [0.25, 0.3) is 5.91 Å². The number of aliphatic carboxylic acids is 1. The number of carboxylic acid groups (broad SMARTS) is 1. The molecule has 0 unspecified atom stereocenters. The molecule has 1 rings (SSSR count). The van der Waals surface area contributed by atoms with E-state index in [0.29, 0.717) is 6.20 Å². The van der Waals surface area contributed by atoms with Gasteiger partial charge in [0.15, 0.2) is 5.69 Å². The normalized spacial score (nSPS) is 11.2. The van der Waals surface area contributed by atoms with Crippen LogP contribution in [-0.2, 0) is 11.0 Å². The van der Waals surface area contributed by atoms with Crippen molar-refractivity contribution >= 4 is 11.9 Å². The second kappa shape index (κ2) is 4.21. The van der Waals surface area contributed by atoms with E-state index in [1.807, 2.05) is 0 Å². The van der Waals surface area contributed by atoms with E-state index < -0.39 is 35.9 Å². The van der Waals surface area contributed by atoms with Gasteiger partial charge in [-0.1, -0.05) is 0 Å². The number of amides is 1. The van der Waals surface area contributed by atoms with Gasteiger partial charge in [0, 0.05) is 0 Å². The number of carbonyl (C=O) groups excluding carboxylic acids is 1. The summed E-state index contributed by atoms with van der Waals surface area (Å²) >= 11 is 0. The van der Waals surface area contributed by atoms with Crippen LogP contribution in [0.25, 0.3) is 0 Å². The third-order valence-electron chi connectivity index (χ3n) is 1.57. The first-order chi connectivity index (χ1) is 7.32. The zero-order valence-electron chi connectivity index (χ0n) is 7.63. The summed E-state index contributed by atoms with van der Waals surface area (Å²) < 4.78 is 36.8. The third-order valence-corrected chi connectivity index (χ3v) is 1.57.